The smallest absolute Gasteiger partial charge is 1.00 e. The van der Waals surface area contributed by atoms with Crippen LogP contribution in [0, 0.1) is 0 Å². The minimum absolute atomic E-state index is 0. The average Bonchev–Trinajstić information content (AvgIpc) is 0.722. The van der Waals surface area contributed by atoms with Crippen LogP contribution in [-0.2, 0) is 4.57 Å². The maximum Gasteiger partial charge on any atom is 1.00 e. The molecular formula is H5NNaO3P. The predicted molar refractivity (Wildman–Crippen MR) is 17.3 cm³/mol. The van der Waals surface area contributed by atoms with E-state index in [1.165, 1.54) is 0 Å². The molecule has 0 aromatic rings. The van der Waals surface area contributed by atoms with Crippen LogP contribution in [0.4, 0.5) is 0 Å². The Labute approximate surface area is 58.7 Å². The molecule has 0 bridgehead atoms. The summed E-state index contributed by atoms with van der Waals surface area (Å²) in [5, 5.41) is 0. The van der Waals surface area contributed by atoms with Crippen LogP contribution in [0.25, 0.3) is 0 Å². The maximum absolute atomic E-state index is 9.10. The van der Waals surface area contributed by atoms with Crippen LogP contribution in [0.15, 0.2) is 0 Å². The van der Waals surface area contributed by atoms with E-state index < -0.39 is 7.75 Å². The van der Waals surface area contributed by atoms with Crippen molar-refractivity contribution in [3.63, 3.8) is 0 Å². The fraction of sp³-hybridized carbons (Fsp3) is 0. The molecule has 0 aromatic carbocycles. The molecule has 0 spiro atoms. The first kappa shape index (κ1) is 10.2. The molecule has 0 aliphatic heterocycles. The Bertz CT molecular complexity index is 61.1. The van der Waals surface area contributed by atoms with Crippen molar-refractivity contribution >= 4 is 7.75 Å². The van der Waals surface area contributed by atoms with Gasteiger partial charge in [-0.3, -0.25) is 0 Å². The van der Waals surface area contributed by atoms with E-state index in [1.54, 1.807) is 0 Å². The molecular weight excluding hydrogens is 116 g/mol. The molecule has 0 saturated heterocycles. The van der Waals surface area contributed by atoms with Gasteiger partial charge in [0.05, 0.1) is 0 Å². The number of rotatable bonds is 0. The second kappa shape index (κ2) is 3.16. The molecule has 0 radical (unpaired) electrons. The molecule has 6 heavy (non-hydrogen) atoms. The van der Waals surface area contributed by atoms with Crippen LogP contribution >= 0.6 is 7.75 Å². The number of hydrogen-bond acceptors (Lipinski definition) is 1. The Hall–Kier alpha value is 1.11. The third-order valence-corrected chi connectivity index (χ3v) is 0. The van der Waals surface area contributed by atoms with E-state index in [0.29, 0.717) is 0 Å². The molecule has 0 rings (SSSR count). The van der Waals surface area contributed by atoms with Crippen molar-refractivity contribution in [2.24, 2.45) is 5.50 Å². The monoisotopic (exact) mass is 121 g/mol. The van der Waals surface area contributed by atoms with E-state index in [-0.39, 0.29) is 31.0 Å². The average molecular weight is 121 g/mol. The Balaban J connectivity index is -0.0000000800. The van der Waals surface area contributed by atoms with E-state index in [1.807, 2.05) is 0 Å². The van der Waals surface area contributed by atoms with Crippen molar-refractivity contribution in [1.29, 1.82) is 0 Å². The Morgan fingerprint density at radius 2 is 1.67 bits per heavy atom. The van der Waals surface area contributed by atoms with Crippen LogP contribution < -0.4 is 35.1 Å². The third-order valence-electron chi connectivity index (χ3n) is 0. The van der Waals surface area contributed by atoms with Gasteiger partial charge in [-0.1, -0.05) is 0 Å². The van der Waals surface area contributed by atoms with Crippen LogP contribution in [0.3, 0.4) is 0 Å². The number of hydrogen-bond donors (Lipinski definition) is 3. The molecule has 4 N–H and O–H groups in total. The molecule has 0 fully saturated rings. The Kier molecular flexibility index (Phi) is 5.35. The van der Waals surface area contributed by atoms with Crippen molar-refractivity contribution in [3.8, 4) is 0 Å². The minimum Gasteiger partial charge on any atom is -1.00 e. The van der Waals surface area contributed by atoms with Crippen LogP contribution in [-0.4, -0.2) is 9.79 Å². The summed E-state index contributed by atoms with van der Waals surface area (Å²) >= 11 is 0. The van der Waals surface area contributed by atoms with Gasteiger partial charge in [0, 0.05) is 0 Å². The molecule has 0 saturated carbocycles. The van der Waals surface area contributed by atoms with Gasteiger partial charge in [0.15, 0.2) is 0 Å². The summed E-state index contributed by atoms with van der Waals surface area (Å²) in [7, 11) is -4.14. The van der Waals surface area contributed by atoms with Gasteiger partial charge >= 0.3 is 37.3 Å². The van der Waals surface area contributed by atoms with Crippen molar-refractivity contribution < 1.29 is 45.3 Å². The summed E-state index contributed by atoms with van der Waals surface area (Å²) in [6.45, 7) is 0. The largest absolute Gasteiger partial charge is 1.00 e. The molecule has 0 unspecified atom stereocenters. The molecule has 0 atom stereocenters. The van der Waals surface area contributed by atoms with Crippen LogP contribution in [0.2, 0.25) is 0 Å². The van der Waals surface area contributed by atoms with Gasteiger partial charge in [0.25, 0.3) is 0 Å². The Morgan fingerprint density at radius 3 is 1.67 bits per heavy atom. The Morgan fingerprint density at radius 1 is 1.67 bits per heavy atom. The SMILES string of the molecule is NP(=O)(O)O.[H-].[Na+]. The van der Waals surface area contributed by atoms with Gasteiger partial charge in [-0.15, -0.1) is 0 Å². The van der Waals surface area contributed by atoms with Crippen LogP contribution in [0.5, 0.6) is 0 Å². The van der Waals surface area contributed by atoms with Crippen molar-refractivity contribution in [2.75, 3.05) is 0 Å². The molecule has 0 aromatic heterocycles. The van der Waals surface area contributed by atoms with Gasteiger partial charge in [-0.2, -0.15) is 0 Å². The van der Waals surface area contributed by atoms with E-state index in [9.17, 15) is 0 Å². The zero-order valence-electron chi connectivity index (χ0n) is 4.33. The van der Waals surface area contributed by atoms with E-state index in [0.717, 1.165) is 0 Å². The van der Waals surface area contributed by atoms with Gasteiger partial charge in [0.2, 0.25) is 0 Å². The fourth-order valence-electron chi connectivity index (χ4n) is 0. The van der Waals surface area contributed by atoms with Gasteiger partial charge in [-0.25, -0.2) is 10.1 Å². The second-order valence-electron chi connectivity index (χ2n) is 0.589. The first-order chi connectivity index (χ1) is 2.00. The van der Waals surface area contributed by atoms with E-state index in [2.05, 4.69) is 5.50 Å². The quantitative estimate of drug-likeness (QED) is 0.226. The summed E-state index contributed by atoms with van der Waals surface area (Å²) in [6.07, 6.45) is 0. The fourth-order valence-corrected chi connectivity index (χ4v) is 0. The van der Waals surface area contributed by atoms with Gasteiger partial charge < -0.3 is 11.2 Å². The second-order valence-corrected chi connectivity index (χ2v) is 1.77. The molecule has 0 heterocycles. The zero-order chi connectivity index (χ0) is 4.50. The summed E-state index contributed by atoms with van der Waals surface area (Å²) in [4.78, 5) is 14.8. The van der Waals surface area contributed by atoms with Crippen LogP contribution in [0.1, 0.15) is 1.43 Å². The molecule has 4 nitrogen and oxygen atoms in total. The molecule has 6 heteroatoms. The first-order valence-corrected chi connectivity index (χ1v) is 2.52. The molecule has 0 amide bonds. The van der Waals surface area contributed by atoms with Gasteiger partial charge in [-0.05, 0) is 0 Å². The summed E-state index contributed by atoms with van der Waals surface area (Å²) in [5.41, 5.74) is 4.02. The van der Waals surface area contributed by atoms with Crippen molar-refractivity contribution in [1.82, 2.24) is 0 Å². The van der Waals surface area contributed by atoms with E-state index in [4.69, 9.17) is 14.4 Å². The maximum atomic E-state index is 9.10. The van der Waals surface area contributed by atoms with Gasteiger partial charge in [0.1, 0.15) is 0 Å². The standard InChI is InChI=1S/H4NO3P.Na.H/c1-5(2,3)4;;/h(H4,1,2,3,4);;/q;+1;-1. The number of nitrogens with two attached hydrogens (primary N) is 1. The topological polar surface area (TPSA) is 83.6 Å². The minimum atomic E-state index is -4.14. The van der Waals surface area contributed by atoms with Crippen molar-refractivity contribution in [2.45, 2.75) is 0 Å². The zero-order valence-corrected chi connectivity index (χ0v) is 6.22. The first-order valence-electron chi connectivity index (χ1n) is 0.841. The summed E-state index contributed by atoms with van der Waals surface area (Å²) in [5.74, 6) is 0. The predicted octanol–water partition coefficient (Wildman–Crippen LogP) is -3.85. The van der Waals surface area contributed by atoms with Crippen molar-refractivity contribution in [3.05, 3.63) is 0 Å². The molecule has 0 aliphatic carbocycles. The van der Waals surface area contributed by atoms with E-state index >= 15 is 0 Å². The molecule has 0 aliphatic rings. The normalized spacial score (nSPS) is 9.83. The summed E-state index contributed by atoms with van der Waals surface area (Å²) in [6, 6.07) is 0. The molecule has 34 valence electrons. The summed E-state index contributed by atoms with van der Waals surface area (Å²) < 4.78 is 9.10. The third kappa shape index (κ3) is 70.1.